The third kappa shape index (κ3) is 9.79. The van der Waals surface area contributed by atoms with E-state index >= 15 is 0 Å². The normalized spacial score (nSPS) is 18.3. The van der Waals surface area contributed by atoms with Crippen LogP contribution in [0, 0.1) is 11.8 Å². The lowest BCUT2D eigenvalue weighted by atomic mass is 9.77. The summed E-state index contributed by atoms with van der Waals surface area (Å²) in [6.45, 7) is 4.59. The highest BCUT2D eigenvalue weighted by Crippen LogP contribution is 2.46. The molecule has 4 nitrogen and oxygen atoms in total. The van der Waals surface area contributed by atoms with Gasteiger partial charge in [-0.2, -0.15) is 0 Å². The molecule has 68 heavy (non-hydrogen) atoms. The maximum absolute atomic E-state index is 14.1. The molecule has 0 unspecified atom stereocenters. The molecule has 0 aromatic heterocycles. The van der Waals surface area contributed by atoms with E-state index in [2.05, 4.69) is 62.4 Å². The van der Waals surface area contributed by atoms with Crippen LogP contribution in [0.25, 0.3) is 54.9 Å². The van der Waals surface area contributed by atoms with E-state index in [1.54, 1.807) is 0 Å². The van der Waals surface area contributed by atoms with Crippen LogP contribution >= 0.6 is 0 Å². The molecule has 2 aliphatic rings. The van der Waals surface area contributed by atoms with Crippen molar-refractivity contribution in [2.45, 2.75) is 103 Å². The molecule has 0 radical (unpaired) electrons. The number of benzene rings is 8. The van der Waals surface area contributed by atoms with Crippen molar-refractivity contribution in [2.75, 3.05) is 0 Å². The summed E-state index contributed by atoms with van der Waals surface area (Å²) in [5.74, 6) is 2.89. The molecule has 0 bridgehead atoms. The van der Waals surface area contributed by atoms with E-state index in [4.69, 9.17) is 9.47 Å². The molecule has 342 valence electrons. The molecular formula is C64H62O4. The molecule has 0 spiro atoms. The molecule has 0 aliphatic heterocycles. The van der Waals surface area contributed by atoms with E-state index in [1.165, 1.54) is 88.2 Å². The van der Waals surface area contributed by atoms with Crippen molar-refractivity contribution in [3.05, 3.63) is 192 Å². The quantitative estimate of drug-likeness (QED) is 0.0855. The largest absolute Gasteiger partial charge is 0.422 e. The lowest BCUT2D eigenvalue weighted by Crippen LogP contribution is -2.13. The van der Waals surface area contributed by atoms with Crippen LogP contribution in [0.1, 0.15) is 135 Å². The number of hydrogen-bond acceptors (Lipinski definition) is 4. The zero-order valence-corrected chi connectivity index (χ0v) is 39.6. The fraction of sp³-hybridized carbons (Fsp3) is 0.281. The molecule has 0 heterocycles. The Kier molecular flexibility index (Phi) is 13.6. The van der Waals surface area contributed by atoms with Gasteiger partial charge in [0.1, 0.15) is 11.5 Å². The number of hydrogen-bond donors (Lipinski definition) is 0. The molecule has 2 aliphatic carbocycles. The van der Waals surface area contributed by atoms with Crippen molar-refractivity contribution in [3.63, 3.8) is 0 Å². The monoisotopic (exact) mass is 894 g/mol. The number of rotatable bonds is 13. The SMILES string of the molecule is CCCC1CCC(c2ccc(-c3ccc(C(=O)Oc4ccc5ccccc5c4-c4c(OC(=O)c5ccc(-c6ccc(C7CCC(CCC)CC7)cc6)cc5)ccc5ccccc45)cc3)cc2)CC1. The van der Waals surface area contributed by atoms with Crippen molar-refractivity contribution in [3.8, 4) is 44.9 Å². The van der Waals surface area contributed by atoms with Gasteiger partial charge in [-0.05, 0) is 166 Å². The van der Waals surface area contributed by atoms with Gasteiger partial charge in [-0.25, -0.2) is 9.59 Å². The van der Waals surface area contributed by atoms with Crippen LogP contribution in [0.2, 0.25) is 0 Å². The molecule has 0 N–H and O–H groups in total. The van der Waals surface area contributed by atoms with E-state index in [9.17, 15) is 9.59 Å². The van der Waals surface area contributed by atoms with E-state index in [0.29, 0.717) is 45.6 Å². The summed E-state index contributed by atoms with van der Waals surface area (Å²) in [6, 6.07) is 57.0. The predicted octanol–water partition coefficient (Wildman–Crippen LogP) is 17.6. The van der Waals surface area contributed by atoms with E-state index < -0.39 is 11.9 Å². The van der Waals surface area contributed by atoms with Crippen LogP contribution < -0.4 is 9.47 Å². The van der Waals surface area contributed by atoms with Gasteiger partial charge in [-0.3, -0.25) is 0 Å². The first-order valence-corrected chi connectivity index (χ1v) is 25.3. The molecule has 2 saturated carbocycles. The molecular weight excluding hydrogens is 833 g/mol. The molecule has 2 fully saturated rings. The average molecular weight is 895 g/mol. The number of esters is 2. The van der Waals surface area contributed by atoms with Gasteiger partial charge in [-0.15, -0.1) is 0 Å². The smallest absolute Gasteiger partial charge is 0.343 e. The minimum absolute atomic E-state index is 0.380. The molecule has 0 amide bonds. The second kappa shape index (κ2) is 20.6. The van der Waals surface area contributed by atoms with Gasteiger partial charge in [0.05, 0.1) is 11.1 Å². The Balaban J connectivity index is 0.888. The van der Waals surface area contributed by atoms with Gasteiger partial charge in [0.2, 0.25) is 0 Å². The predicted molar refractivity (Wildman–Crippen MR) is 280 cm³/mol. The Bertz CT molecular complexity index is 2800. The number of ether oxygens (including phenoxy) is 2. The van der Waals surface area contributed by atoms with Crippen LogP contribution in [0.4, 0.5) is 0 Å². The van der Waals surface area contributed by atoms with Crippen molar-refractivity contribution >= 4 is 33.5 Å². The summed E-state index contributed by atoms with van der Waals surface area (Å²) in [4.78, 5) is 28.2. The van der Waals surface area contributed by atoms with Gasteiger partial charge < -0.3 is 9.47 Å². The third-order valence-electron chi connectivity index (χ3n) is 15.2. The third-order valence-corrected chi connectivity index (χ3v) is 15.2. The van der Waals surface area contributed by atoms with Crippen LogP contribution in [-0.4, -0.2) is 11.9 Å². The van der Waals surface area contributed by atoms with Gasteiger partial charge in [-0.1, -0.05) is 173 Å². The van der Waals surface area contributed by atoms with Crippen molar-refractivity contribution in [1.29, 1.82) is 0 Å². The van der Waals surface area contributed by atoms with Crippen LogP contribution in [-0.2, 0) is 0 Å². The summed E-state index contributed by atoms with van der Waals surface area (Å²) < 4.78 is 12.7. The van der Waals surface area contributed by atoms with Crippen LogP contribution in [0.3, 0.4) is 0 Å². The number of carbonyl (C=O) groups excluding carboxylic acids is 2. The number of fused-ring (bicyclic) bond motifs is 2. The molecule has 8 aromatic rings. The molecule has 8 aromatic carbocycles. The highest BCUT2D eigenvalue weighted by atomic mass is 16.5. The van der Waals surface area contributed by atoms with Gasteiger partial charge in [0.15, 0.2) is 0 Å². The first kappa shape index (κ1) is 45.0. The maximum Gasteiger partial charge on any atom is 0.343 e. The zero-order valence-electron chi connectivity index (χ0n) is 39.6. The second-order valence-electron chi connectivity index (χ2n) is 19.5. The van der Waals surface area contributed by atoms with Crippen molar-refractivity contribution in [1.82, 2.24) is 0 Å². The number of carbonyl (C=O) groups is 2. The first-order valence-electron chi connectivity index (χ1n) is 25.3. The second-order valence-corrected chi connectivity index (χ2v) is 19.5. The van der Waals surface area contributed by atoms with Crippen molar-refractivity contribution < 1.29 is 19.1 Å². The van der Waals surface area contributed by atoms with Crippen LogP contribution in [0.15, 0.2) is 170 Å². The van der Waals surface area contributed by atoms with Crippen LogP contribution in [0.5, 0.6) is 11.5 Å². The summed E-state index contributed by atoms with van der Waals surface area (Å²) in [6.07, 6.45) is 15.7. The van der Waals surface area contributed by atoms with E-state index in [-0.39, 0.29) is 0 Å². The molecule has 0 saturated heterocycles. The Hall–Kier alpha value is -6.78. The minimum atomic E-state index is -0.467. The zero-order chi connectivity index (χ0) is 46.4. The maximum atomic E-state index is 14.1. The summed E-state index contributed by atoms with van der Waals surface area (Å²) in [5, 5.41) is 3.68. The van der Waals surface area contributed by atoms with E-state index in [0.717, 1.165) is 55.6 Å². The van der Waals surface area contributed by atoms with Gasteiger partial charge in [0, 0.05) is 11.1 Å². The standard InChI is InChI=1S/C64H62O4/c1-3-9-43-15-19-45(20-16-43)47-23-27-49(28-24-47)51-31-35-55(36-32-51)63(65)67-59-41-39-53-11-5-7-13-57(53)61(59)62-58-14-8-6-12-54(58)40-42-60(62)68-64(66)56-37-33-52(34-38-56)50-29-25-48(26-30-50)46-21-17-44(10-4-2)18-22-46/h5-8,11-14,23-46H,3-4,9-10,15-22H2,1-2H3. The van der Waals surface area contributed by atoms with Gasteiger partial charge >= 0.3 is 11.9 Å². The average Bonchev–Trinajstić information content (AvgIpc) is 3.39. The summed E-state index contributed by atoms with van der Waals surface area (Å²) in [5.41, 5.74) is 9.46. The first-order chi connectivity index (χ1) is 33.4. The minimum Gasteiger partial charge on any atom is -0.422 e. The Morgan fingerprint density at radius 2 is 0.735 bits per heavy atom. The fourth-order valence-electron chi connectivity index (χ4n) is 11.4. The molecule has 10 rings (SSSR count). The Labute approximate surface area is 402 Å². The Morgan fingerprint density at radius 1 is 0.397 bits per heavy atom. The van der Waals surface area contributed by atoms with Crippen molar-refractivity contribution in [2.24, 2.45) is 11.8 Å². The lowest BCUT2D eigenvalue weighted by molar-refractivity contribution is 0.0723. The Morgan fingerprint density at radius 3 is 1.09 bits per heavy atom. The van der Waals surface area contributed by atoms with Gasteiger partial charge in [0.25, 0.3) is 0 Å². The summed E-state index contributed by atoms with van der Waals surface area (Å²) in [7, 11) is 0. The lowest BCUT2D eigenvalue weighted by Gasteiger charge is -2.28. The topological polar surface area (TPSA) is 52.6 Å². The van der Waals surface area contributed by atoms with E-state index in [1.807, 2.05) is 121 Å². The molecule has 0 atom stereocenters. The fourth-order valence-corrected chi connectivity index (χ4v) is 11.4. The highest BCUT2D eigenvalue weighted by molar-refractivity contribution is 6.11. The molecule has 4 heteroatoms. The highest BCUT2D eigenvalue weighted by Gasteiger charge is 2.25. The summed E-state index contributed by atoms with van der Waals surface area (Å²) >= 11 is 0.